The molecule has 1 aliphatic rings. The van der Waals surface area contributed by atoms with Gasteiger partial charge in [0.1, 0.15) is 11.8 Å². The molecule has 3 rings (SSSR count). The highest BCUT2D eigenvalue weighted by molar-refractivity contribution is 5.88. The lowest BCUT2D eigenvalue weighted by Crippen LogP contribution is -2.52. The van der Waals surface area contributed by atoms with Gasteiger partial charge >= 0.3 is 6.18 Å². The van der Waals surface area contributed by atoms with Crippen molar-refractivity contribution in [1.29, 1.82) is 0 Å². The van der Waals surface area contributed by atoms with E-state index in [9.17, 15) is 22.8 Å². The highest BCUT2D eigenvalue weighted by atomic mass is 19.4. The van der Waals surface area contributed by atoms with Crippen LogP contribution in [0.25, 0.3) is 0 Å². The van der Waals surface area contributed by atoms with Crippen molar-refractivity contribution >= 4 is 11.8 Å². The molecular weight excluding hydrogens is 361 g/mol. The van der Waals surface area contributed by atoms with Gasteiger partial charge in [-0.1, -0.05) is 24.3 Å². The van der Waals surface area contributed by atoms with Gasteiger partial charge < -0.3 is 15.4 Å². The van der Waals surface area contributed by atoms with Crippen molar-refractivity contribution in [2.45, 2.75) is 25.2 Å². The topological polar surface area (TPSA) is 72.6 Å². The molecule has 27 heavy (non-hydrogen) atoms. The number of carbonyl (C=O) groups is 2. The Morgan fingerprint density at radius 2 is 1.70 bits per heavy atom. The van der Waals surface area contributed by atoms with Gasteiger partial charge in [-0.15, -0.1) is 0 Å². The Morgan fingerprint density at radius 1 is 1.07 bits per heavy atom. The van der Waals surface area contributed by atoms with Crippen molar-refractivity contribution in [2.75, 3.05) is 6.61 Å². The lowest BCUT2D eigenvalue weighted by atomic mass is 9.93. The summed E-state index contributed by atoms with van der Waals surface area (Å²) in [6.07, 6.45) is -4.12. The summed E-state index contributed by atoms with van der Waals surface area (Å²) in [7, 11) is 0. The molecule has 2 amide bonds. The molecule has 0 aromatic heterocycles. The van der Waals surface area contributed by atoms with Crippen molar-refractivity contribution < 1.29 is 27.5 Å². The third-order valence-electron chi connectivity index (χ3n) is 4.44. The predicted octanol–water partition coefficient (Wildman–Crippen LogP) is 2.52. The summed E-state index contributed by atoms with van der Waals surface area (Å²) in [5.74, 6) is -0.954. The number of carbonyl (C=O) groups excluding carboxylic acids is 2. The Bertz CT molecular complexity index is 850. The lowest BCUT2D eigenvalue weighted by Gasteiger charge is -2.35. The van der Waals surface area contributed by atoms with Crippen molar-refractivity contribution in [3.63, 3.8) is 0 Å². The number of amides is 2. The van der Waals surface area contributed by atoms with Crippen LogP contribution in [0.3, 0.4) is 0 Å². The third kappa shape index (κ3) is 4.21. The molecule has 1 atom stereocenters. The maximum absolute atomic E-state index is 12.6. The summed E-state index contributed by atoms with van der Waals surface area (Å²) in [6, 6.07) is 10.7. The van der Waals surface area contributed by atoms with E-state index in [0.29, 0.717) is 6.42 Å². The number of rotatable bonds is 4. The molecule has 1 aliphatic heterocycles. The fraction of sp³-hybridized carbons (Fsp3) is 0.263. The molecule has 0 bridgehead atoms. The first kappa shape index (κ1) is 18.8. The zero-order valence-electron chi connectivity index (χ0n) is 14.2. The molecule has 0 unspecified atom stereocenters. The standard InChI is InChI=1S/C19H17F3N2O3/c20-19(21,22)14-5-7-15(8-6-14)27-11-17(25)24-10-13-4-2-1-3-12(13)9-16(24)18(23)26/h1-8,16H,9-11H2,(H2,23,26)/t16-/m0/s1. The maximum atomic E-state index is 12.6. The van der Waals surface area contributed by atoms with E-state index in [2.05, 4.69) is 0 Å². The largest absolute Gasteiger partial charge is 0.484 e. The number of hydrogen-bond donors (Lipinski definition) is 1. The molecule has 1 heterocycles. The second-order valence-corrected chi connectivity index (χ2v) is 6.22. The SMILES string of the molecule is NC(=O)[C@@H]1Cc2ccccc2CN1C(=O)COc1ccc(C(F)(F)F)cc1. The van der Waals surface area contributed by atoms with Crippen LogP contribution in [0.1, 0.15) is 16.7 Å². The Morgan fingerprint density at radius 3 is 2.30 bits per heavy atom. The summed E-state index contributed by atoms with van der Waals surface area (Å²) in [4.78, 5) is 25.6. The monoisotopic (exact) mass is 378 g/mol. The van der Waals surface area contributed by atoms with Crippen molar-refractivity contribution in [2.24, 2.45) is 5.73 Å². The summed E-state index contributed by atoms with van der Waals surface area (Å²) in [6.45, 7) is -0.184. The molecule has 0 fully saturated rings. The maximum Gasteiger partial charge on any atom is 0.416 e. The van der Waals surface area contributed by atoms with Crippen LogP contribution in [-0.4, -0.2) is 29.4 Å². The molecule has 5 nitrogen and oxygen atoms in total. The number of primary amides is 1. The first-order chi connectivity index (χ1) is 12.8. The Labute approximate surface area is 153 Å². The normalized spacial score (nSPS) is 16.6. The Hall–Kier alpha value is -3.03. The summed E-state index contributed by atoms with van der Waals surface area (Å²) < 4.78 is 43.0. The van der Waals surface area contributed by atoms with E-state index < -0.39 is 36.2 Å². The van der Waals surface area contributed by atoms with Crippen molar-refractivity contribution in [3.05, 3.63) is 65.2 Å². The number of halogens is 3. The molecule has 0 aliphatic carbocycles. The van der Waals surface area contributed by atoms with Crippen LogP contribution in [0.5, 0.6) is 5.75 Å². The summed E-state index contributed by atoms with van der Waals surface area (Å²) in [5, 5.41) is 0. The second-order valence-electron chi connectivity index (χ2n) is 6.22. The van der Waals surface area contributed by atoms with E-state index >= 15 is 0 Å². The molecule has 8 heteroatoms. The van der Waals surface area contributed by atoms with E-state index in [0.717, 1.165) is 35.4 Å². The van der Waals surface area contributed by atoms with Crippen LogP contribution in [0.4, 0.5) is 13.2 Å². The van der Waals surface area contributed by atoms with Crippen molar-refractivity contribution in [3.8, 4) is 5.75 Å². The number of hydrogen-bond acceptors (Lipinski definition) is 3. The van der Waals surface area contributed by atoms with Gasteiger partial charge in [0.2, 0.25) is 5.91 Å². The highest BCUT2D eigenvalue weighted by Gasteiger charge is 2.33. The first-order valence-corrected chi connectivity index (χ1v) is 8.21. The minimum Gasteiger partial charge on any atom is -0.484 e. The fourth-order valence-corrected chi connectivity index (χ4v) is 3.01. The molecule has 0 spiro atoms. The Balaban J connectivity index is 1.68. The average molecular weight is 378 g/mol. The third-order valence-corrected chi connectivity index (χ3v) is 4.44. The second kappa shape index (κ2) is 7.30. The van der Waals surface area contributed by atoms with Gasteiger partial charge in [0.05, 0.1) is 5.56 Å². The molecule has 0 saturated carbocycles. The number of benzene rings is 2. The van der Waals surface area contributed by atoms with Crippen LogP contribution in [0.15, 0.2) is 48.5 Å². The molecule has 0 radical (unpaired) electrons. The van der Waals surface area contributed by atoms with Gasteiger partial charge in [0, 0.05) is 13.0 Å². The molecule has 142 valence electrons. The van der Waals surface area contributed by atoms with E-state index in [1.165, 1.54) is 4.90 Å². The quantitative estimate of drug-likeness (QED) is 0.889. The lowest BCUT2D eigenvalue weighted by molar-refractivity contribution is -0.142. The predicted molar refractivity (Wildman–Crippen MR) is 90.6 cm³/mol. The smallest absolute Gasteiger partial charge is 0.416 e. The van der Waals surface area contributed by atoms with Gasteiger partial charge in [-0.3, -0.25) is 9.59 Å². The number of fused-ring (bicyclic) bond motifs is 1. The van der Waals surface area contributed by atoms with Crippen LogP contribution >= 0.6 is 0 Å². The van der Waals surface area contributed by atoms with E-state index in [-0.39, 0.29) is 12.3 Å². The van der Waals surface area contributed by atoms with Crippen molar-refractivity contribution in [1.82, 2.24) is 4.90 Å². The van der Waals surface area contributed by atoms with Gasteiger partial charge in [0.15, 0.2) is 6.61 Å². The van der Waals surface area contributed by atoms with Gasteiger partial charge in [-0.25, -0.2) is 0 Å². The summed E-state index contributed by atoms with van der Waals surface area (Å²) in [5.41, 5.74) is 6.50. The van der Waals surface area contributed by atoms with Crippen LogP contribution in [-0.2, 0) is 28.7 Å². The highest BCUT2D eigenvalue weighted by Crippen LogP contribution is 2.30. The van der Waals surface area contributed by atoms with Gasteiger partial charge in [-0.05, 0) is 35.4 Å². The number of nitrogens with two attached hydrogens (primary N) is 1. The van der Waals surface area contributed by atoms with Gasteiger partial charge in [-0.2, -0.15) is 13.2 Å². The number of ether oxygens (including phenoxy) is 1. The van der Waals surface area contributed by atoms with Crippen LogP contribution < -0.4 is 10.5 Å². The van der Waals surface area contributed by atoms with E-state index in [1.54, 1.807) is 0 Å². The van der Waals surface area contributed by atoms with Crippen LogP contribution in [0.2, 0.25) is 0 Å². The van der Waals surface area contributed by atoms with E-state index in [4.69, 9.17) is 10.5 Å². The molecule has 0 saturated heterocycles. The number of alkyl halides is 3. The molecule has 2 N–H and O–H groups in total. The molecular formula is C19H17F3N2O3. The summed E-state index contributed by atoms with van der Waals surface area (Å²) >= 11 is 0. The van der Waals surface area contributed by atoms with E-state index in [1.807, 2.05) is 24.3 Å². The molecule has 2 aromatic rings. The number of nitrogens with zero attached hydrogens (tertiary/aromatic N) is 1. The van der Waals surface area contributed by atoms with Gasteiger partial charge in [0.25, 0.3) is 5.91 Å². The Kier molecular flexibility index (Phi) is 5.07. The first-order valence-electron chi connectivity index (χ1n) is 8.21. The van der Waals surface area contributed by atoms with Crippen LogP contribution in [0, 0.1) is 0 Å². The molecule has 2 aromatic carbocycles. The minimum absolute atomic E-state index is 0.129. The minimum atomic E-state index is -4.44. The average Bonchev–Trinajstić information content (AvgIpc) is 2.64. The fourth-order valence-electron chi connectivity index (χ4n) is 3.01. The zero-order chi connectivity index (χ0) is 19.6. The zero-order valence-corrected chi connectivity index (χ0v) is 14.2.